The normalized spacial score (nSPS) is 9.84. The van der Waals surface area contributed by atoms with Gasteiger partial charge in [-0.05, 0) is 13.0 Å². The molecule has 5 N–H and O–H groups in total. The molecule has 0 aliphatic rings. The van der Waals surface area contributed by atoms with Gasteiger partial charge in [-0.15, -0.1) is 0 Å². The van der Waals surface area contributed by atoms with Crippen molar-refractivity contribution >= 4 is 0 Å². The second-order valence-electron chi connectivity index (χ2n) is 5.98. The van der Waals surface area contributed by atoms with Crippen LogP contribution < -0.4 is 64.8 Å². The standard InChI is InChI=1S/C12H27N.C6H15NO3.2Na.2H/c1-2-3-4-5-6-7-8-9-10-11-12-13;8-4-1-7(2-5-9)3-6-10;;;;/h2-13H2,1H3;8-10H,1-6H2;;;;/q;;2*+1;2*-1. The predicted octanol–water partition coefficient (Wildman–Crippen LogP) is -3.64. The average Bonchev–Trinajstić information content (AvgIpc) is 2.55. The van der Waals surface area contributed by atoms with Crippen LogP contribution in [0.4, 0.5) is 0 Å². The largest absolute Gasteiger partial charge is 1.00 e. The molecule has 0 heterocycles. The Morgan fingerprint density at radius 3 is 1.24 bits per heavy atom. The van der Waals surface area contributed by atoms with Crippen molar-refractivity contribution in [2.75, 3.05) is 46.0 Å². The molecule has 0 aliphatic carbocycles. The van der Waals surface area contributed by atoms with Gasteiger partial charge in [0.05, 0.1) is 19.8 Å². The van der Waals surface area contributed by atoms with Gasteiger partial charge in [0, 0.05) is 19.6 Å². The van der Waals surface area contributed by atoms with Crippen LogP contribution in [0, 0.1) is 0 Å². The molecule has 0 aliphatic heterocycles. The minimum atomic E-state index is 0. The first-order valence-electron chi connectivity index (χ1n) is 9.51. The molecule has 0 saturated carbocycles. The van der Waals surface area contributed by atoms with Gasteiger partial charge in [-0.2, -0.15) is 0 Å². The third-order valence-corrected chi connectivity index (χ3v) is 3.81. The molecule has 25 heavy (non-hydrogen) atoms. The van der Waals surface area contributed by atoms with E-state index in [2.05, 4.69) is 6.92 Å². The van der Waals surface area contributed by atoms with Crippen LogP contribution in [0.3, 0.4) is 0 Å². The minimum absolute atomic E-state index is 0. The maximum absolute atomic E-state index is 8.48. The van der Waals surface area contributed by atoms with E-state index in [0.29, 0.717) is 19.6 Å². The molecule has 0 radical (unpaired) electrons. The second kappa shape index (κ2) is 33.4. The Morgan fingerprint density at radius 1 is 0.640 bits per heavy atom. The van der Waals surface area contributed by atoms with E-state index in [1.54, 1.807) is 4.90 Å². The molecule has 0 bridgehead atoms. The average molecular weight is 383 g/mol. The zero-order valence-corrected chi connectivity index (χ0v) is 21.4. The van der Waals surface area contributed by atoms with E-state index in [4.69, 9.17) is 21.1 Å². The maximum Gasteiger partial charge on any atom is 1.00 e. The van der Waals surface area contributed by atoms with Crippen LogP contribution in [0.1, 0.15) is 74.0 Å². The van der Waals surface area contributed by atoms with Crippen LogP contribution in [-0.4, -0.2) is 66.2 Å². The summed E-state index contributed by atoms with van der Waals surface area (Å²) in [6.07, 6.45) is 13.9. The molecular formula is C18H44N2Na2O3. The minimum Gasteiger partial charge on any atom is -1.00 e. The fourth-order valence-electron chi connectivity index (χ4n) is 2.39. The number of hydrogen-bond donors (Lipinski definition) is 4. The fourth-order valence-corrected chi connectivity index (χ4v) is 2.39. The Balaban J connectivity index is -0.0000000728. The van der Waals surface area contributed by atoms with Gasteiger partial charge in [-0.25, -0.2) is 0 Å². The fraction of sp³-hybridized carbons (Fsp3) is 1.00. The third kappa shape index (κ3) is 33.8. The summed E-state index contributed by atoms with van der Waals surface area (Å²) in [6.45, 7) is 4.90. The topological polar surface area (TPSA) is 90.0 Å². The molecule has 0 aromatic rings. The van der Waals surface area contributed by atoms with Gasteiger partial charge in [0.2, 0.25) is 0 Å². The molecule has 0 rings (SSSR count). The first-order chi connectivity index (χ1) is 11.3. The maximum atomic E-state index is 8.48. The van der Waals surface area contributed by atoms with Gasteiger partial charge in [0.15, 0.2) is 0 Å². The Labute approximate surface area is 203 Å². The number of unbranched alkanes of at least 4 members (excludes halogenated alkanes) is 9. The Bertz CT molecular complexity index is 191. The third-order valence-electron chi connectivity index (χ3n) is 3.81. The Morgan fingerprint density at radius 2 is 0.960 bits per heavy atom. The summed E-state index contributed by atoms with van der Waals surface area (Å²) in [5.74, 6) is 0. The van der Waals surface area contributed by atoms with Crippen molar-refractivity contribution in [2.45, 2.75) is 71.1 Å². The van der Waals surface area contributed by atoms with E-state index < -0.39 is 0 Å². The molecule has 0 fully saturated rings. The van der Waals surface area contributed by atoms with Crippen molar-refractivity contribution in [3.05, 3.63) is 0 Å². The first-order valence-corrected chi connectivity index (χ1v) is 9.51. The summed E-state index contributed by atoms with van der Waals surface area (Å²) in [4.78, 5) is 1.79. The molecule has 0 saturated heterocycles. The van der Waals surface area contributed by atoms with Gasteiger partial charge < -0.3 is 23.9 Å². The summed E-state index contributed by atoms with van der Waals surface area (Å²) in [7, 11) is 0. The van der Waals surface area contributed by atoms with Gasteiger partial charge in [0.1, 0.15) is 0 Å². The van der Waals surface area contributed by atoms with E-state index in [0.717, 1.165) is 6.54 Å². The number of hydrogen-bond acceptors (Lipinski definition) is 5. The zero-order valence-electron chi connectivity index (χ0n) is 19.4. The molecule has 0 aromatic heterocycles. The predicted molar refractivity (Wildman–Crippen MR) is 101 cm³/mol. The molecule has 0 spiro atoms. The quantitative estimate of drug-likeness (QED) is 0.163. The number of aliphatic hydroxyl groups excluding tert-OH is 3. The van der Waals surface area contributed by atoms with Crippen LogP contribution >= 0.6 is 0 Å². The number of nitrogens with two attached hydrogens (primary N) is 1. The first kappa shape index (κ1) is 34.3. The van der Waals surface area contributed by atoms with Gasteiger partial charge in [0.25, 0.3) is 0 Å². The summed E-state index contributed by atoms with van der Waals surface area (Å²) in [5.41, 5.74) is 5.42. The summed E-state index contributed by atoms with van der Waals surface area (Å²) in [5, 5.41) is 25.5. The number of nitrogens with zero attached hydrogens (tertiary/aromatic N) is 1. The summed E-state index contributed by atoms with van der Waals surface area (Å²) >= 11 is 0. The van der Waals surface area contributed by atoms with E-state index in [1.165, 1.54) is 64.2 Å². The van der Waals surface area contributed by atoms with Crippen molar-refractivity contribution in [1.82, 2.24) is 4.90 Å². The van der Waals surface area contributed by atoms with Crippen LogP contribution in [0.15, 0.2) is 0 Å². The number of rotatable bonds is 16. The van der Waals surface area contributed by atoms with Gasteiger partial charge in [-0.1, -0.05) is 64.7 Å². The van der Waals surface area contributed by atoms with Gasteiger partial charge >= 0.3 is 59.1 Å². The van der Waals surface area contributed by atoms with E-state index in [9.17, 15) is 0 Å². The van der Waals surface area contributed by atoms with Crippen molar-refractivity contribution in [3.63, 3.8) is 0 Å². The molecule has 7 heteroatoms. The number of aliphatic hydroxyl groups is 3. The van der Waals surface area contributed by atoms with Crippen LogP contribution in [0.25, 0.3) is 0 Å². The summed E-state index contributed by atoms with van der Waals surface area (Å²) in [6, 6.07) is 0. The van der Waals surface area contributed by atoms with Crippen LogP contribution in [0.2, 0.25) is 0 Å². The van der Waals surface area contributed by atoms with E-state index in [-0.39, 0.29) is 81.8 Å². The van der Waals surface area contributed by atoms with Crippen molar-refractivity contribution in [1.29, 1.82) is 0 Å². The second-order valence-corrected chi connectivity index (χ2v) is 5.98. The zero-order chi connectivity index (χ0) is 17.6. The SMILES string of the molecule is CCCCCCCCCCCCN.OCCN(CCO)CCO.[H-].[H-].[Na+].[Na+]. The van der Waals surface area contributed by atoms with Crippen LogP contribution in [-0.2, 0) is 0 Å². The molecular weight excluding hydrogens is 338 g/mol. The molecule has 0 atom stereocenters. The van der Waals surface area contributed by atoms with Crippen molar-refractivity contribution in [2.24, 2.45) is 5.73 Å². The Kier molecular flexibility index (Phi) is 45.8. The van der Waals surface area contributed by atoms with Crippen molar-refractivity contribution in [3.8, 4) is 0 Å². The van der Waals surface area contributed by atoms with E-state index >= 15 is 0 Å². The van der Waals surface area contributed by atoms with Gasteiger partial charge in [-0.3, -0.25) is 4.90 Å². The molecule has 146 valence electrons. The van der Waals surface area contributed by atoms with Crippen LogP contribution in [0.5, 0.6) is 0 Å². The van der Waals surface area contributed by atoms with E-state index in [1.807, 2.05) is 0 Å². The molecule has 0 amide bonds. The molecule has 0 unspecified atom stereocenters. The molecule has 5 nitrogen and oxygen atoms in total. The summed E-state index contributed by atoms with van der Waals surface area (Å²) < 4.78 is 0. The smallest absolute Gasteiger partial charge is 1.00 e. The monoisotopic (exact) mass is 382 g/mol. The Hall–Kier alpha value is 1.80. The van der Waals surface area contributed by atoms with Crippen molar-refractivity contribution < 1.29 is 77.3 Å². The molecule has 0 aromatic carbocycles.